The third kappa shape index (κ3) is 4.09. The minimum Gasteiger partial charge on any atom is -0.481 e. The topological polar surface area (TPSA) is 99.8 Å². The van der Waals surface area contributed by atoms with Crippen LogP contribution >= 0.6 is 0 Å². The monoisotopic (exact) mass is 388 g/mol. The van der Waals surface area contributed by atoms with Crippen LogP contribution in [0.15, 0.2) is 16.7 Å². The molecule has 9 nitrogen and oxygen atoms in total. The highest BCUT2D eigenvalue weighted by Crippen LogP contribution is 2.30. The zero-order chi connectivity index (χ0) is 19.5. The average Bonchev–Trinajstić information content (AvgIpc) is 3.40. The van der Waals surface area contributed by atoms with Gasteiger partial charge in [-0.25, -0.2) is 0 Å². The number of amides is 1. The number of aromatic nitrogens is 3. The van der Waals surface area contributed by atoms with Crippen molar-refractivity contribution in [3.8, 4) is 11.8 Å². The first kappa shape index (κ1) is 18.7. The van der Waals surface area contributed by atoms with Gasteiger partial charge in [-0.3, -0.25) is 4.79 Å². The molecule has 2 aromatic rings. The van der Waals surface area contributed by atoms with E-state index < -0.39 is 0 Å². The highest BCUT2D eigenvalue weighted by atomic mass is 16.5. The molecule has 2 aromatic heterocycles. The molecule has 3 heterocycles. The Morgan fingerprint density at radius 3 is 2.75 bits per heavy atom. The van der Waals surface area contributed by atoms with Crippen LogP contribution in [0.1, 0.15) is 40.8 Å². The maximum Gasteiger partial charge on any atom is 0.259 e. The van der Waals surface area contributed by atoms with E-state index in [1.807, 2.05) is 0 Å². The summed E-state index contributed by atoms with van der Waals surface area (Å²) in [5.74, 6) is 2.52. The molecule has 1 aliphatic carbocycles. The smallest absolute Gasteiger partial charge is 0.259 e. The van der Waals surface area contributed by atoms with Crippen LogP contribution in [0.4, 0.5) is 0 Å². The number of hydrogen-bond donors (Lipinski definition) is 0. The van der Waals surface area contributed by atoms with Crippen LogP contribution in [0.5, 0.6) is 11.8 Å². The molecule has 0 bridgehead atoms. The van der Waals surface area contributed by atoms with Gasteiger partial charge in [-0.05, 0) is 24.8 Å². The van der Waals surface area contributed by atoms with Gasteiger partial charge in [0.05, 0.1) is 26.7 Å². The summed E-state index contributed by atoms with van der Waals surface area (Å²) in [6, 6.07) is 3.30. The fourth-order valence-electron chi connectivity index (χ4n) is 3.06. The molecule has 4 rings (SSSR count). The number of carbonyl (C=O) groups excluding carboxylic acids is 1. The van der Waals surface area contributed by atoms with Crippen molar-refractivity contribution in [1.29, 1.82) is 0 Å². The second-order valence-electron chi connectivity index (χ2n) is 7.13. The van der Waals surface area contributed by atoms with Crippen LogP contribution < -0.4 is 9.47 Å². The highest BCUT2D eigenvalue weighted by Gasteiger charge is 2.37. The number of hydrogen-bond acceptors (Lipinski definition) is 8. The Labute approximate surface area is 163 Å². The van der Waals surface area contributed by atoms with Gasteiger partial charge in [0.1, 0.15) is 5.56 Å². The van der Waals surface area contributed by atoms with E-state index in [2.05, 4.69) is 15.1 Å². The van der Waals surface area contributed by atoms with Crippen LogP contribution in [-0.2, 0) is 11.2 Å². The first-order valence-electron chi connectivity index (χ1n) is 9.46. The molecule has 1 saturated heterocycles. The Morgan fingerprint density at radius 2 is 2.04 bits per heavy atom. The maximum absolute atomic E-state index is 12.7. The van der Waals surface area contributed by atoms with Crippen molar-refractivity contribution in [2.45, 2.75) is 25.2 Å². The summed E-state index contributed by atoms with van der Waals surface area (Å²) in [6.45, 7) is 2.48. The lowest BCUT2D eigenvalue weighted by Gasteiger charge is -2.37. The van der Waals surface area contributed by atoms with Gasteiger partial charge in [-0.1, -0.05) is 5.16 Å². The van der Waals surface area contributed by atoms with Gasteiger partial charge in [0.25, 0.3) is 5.91 Å². The molecule has 0 spiro atoms. The number of pyridine rings is 1. The van der Waals surface area contributed by atoms with Gasteiger partial charge in [0, 0.05) is 32.2 Å². The summed E-state index contributed by atoms with van der Waals surface area (Å²) in [4.78, 5) is 23.0. The predicted octanol–water partition coefficient (Wildman–Crippen LogP) is 1.69. The SMILES string of the molecule is COc1ccc(C(=O)N2CC(c3nc(CCOCC4CC4)no3)C2)c(OC)n1. The Bertz CT molecular complexity index is 829. The molecule has 1 saturated carbocycles. The quantitative estimate of drug-likeness (QED) is 0.599. The molecular weight excluding hydrogens is 364 g/mol. The van der Waals surface area contributed by atoms with Crippen molar-refractivity contribution in [1.82, 2.24) is 20.0 Å². The highest BCUT2D eigenvalue weighted by molar-refractivity contribution is 5.97. The number of ether oxygens (including phenoxy) is 3. The molecule has 0 N–H and O–H groups in total. The molecule has 0 aromatic carbocycles. The van der Waals surface area contributed by atoms with Gasteiger partial charge in [0.15, 0.2) is 5.82 Å². The fourth-order valence-corrected chi connectivity index (χ4v) is 3.06. The molecule has 9 heteroatoms. The Kier molecular flexibility index (Phi) is 5.43. The lowest BCUT2D eigenvalue weighted by molar-refractivity contribution is 0.0565. The van der Waals surface area contributed by atoms with Gasteiger partial charge in [-0.15, -0.1) is 0 Å². The van der Waals surface area contributed by atoms with Crippen LogP contribution in [0.3, 0.4) is 0 Å². The zero-order valence-corrected chi connectivity index (χ0v) is 16.1. The molecule has 0 unspecified atom stereocenters. The van der Waals surface area contributed by atoms with Crippen LogP contribution in [0.25, 0.3) is 0 Å². The predicted molar refractivity (Wildman–Crippen MR) is 97.5 cm³/mol. The number of carbonyl (C=O) groups is 1. The maximum atomic E-state index is 12.7. The van der Waals surface area contributed by atoms with Crippen LogP contribution in [0.2, 0.25) is 0 Å². The molecular formula is C19H24N4O5. The number of methoxy groups -OCH3 is 2. The van der Waals surface area contributed by atoms with Crippen molar-refractivity contribution in [3.63, 3.8) is 0 Å². The molecule has 2 fully saturated rings. The number of rotatable bonds is 9. The van der Waals surface area contributed by atoms with E-state index in [1.54, 1.807) is 17.0 Å². The third-order valence-electron chi connectivity index (χ3n) is 4.99. The van der Waals surface area contributed by atoms with E-state index in [9.17, 15) is 4.79 Å². The van der Waals surface area contributed by atoms with Crippen LogP contribution in [0, 0.1) is 5.92 Å². The lowest BCUT2D eigenvalue weighted by Crippen LogP contribution is -2.48. The zero-order valence-electron chi connectivity index (χ0n) is 16.1. The summed E-state index contributed by atoms with van der Waals surface area (Å²) >= 11 is 0. The van der Waals surface area contributed by atoms with Crippen LogP contribution in [-0.4, -0.2) is 66.5 Å². The lowest BCUT2D eigenvalue weighted by atomic mass is 9.99. The van der Waals surface area contributed by atoms with Gasteiger partial charge < -0.3 is 23.6 Å². The van der Waals surface area contributed by atoms with Gasteiger partial charge in [0.2, 0.25) is 17.7 Å². The summed E-state index contributed by atoms with van der Waals surface area (Å²) in [6.07, 6.45) is 3.20. The first-order chi connectivity index (χ1) is 13.7. The molecule has 2 aliphatic rings. The van der Waals surface area contributed by atoms with Crippen molar-refractivity contribution < 1.29 is 23.5 Å². The molecule has 28 heavy (non-hydrogen) atoms. The van der Waals surface area contributed by atoms with Gasteiger partial charge >= 0.3 is 0 Å². The van der Waals surface area contributed by atoms with E-state index >= 15 is 0 Å². The summed E-state index contributed by atoms with van der Waals surface area (Å²) < 4.78 is 21.2. The molecule has 0 atom stereocenters. The van der Waals surface area contributed by atoms with Crippen molar-refractivity contribution in [3.05, 3.63) is 29.4 Å². The van der Waals surface area contributed by atoms with Gasteiger partial charge in [-0.2, -0.15) is 9.97 Å². The fraction of sp³-hybridized carbons (Fsp3) is 0.579. The minimum absolute atomic E-state index is 0.0507. The number of nitrogens with zero attached hydrogens (tertiary/aromatic N) is 4. The summed E-state index contributed by atoms with van der Waals surface area (Å²) in [5.41, 5.74) is 0.403. The molecule has 150 valence electrons. The Morgan fingerprint density at radius 1 is 1.21 bits per heavy atom. The second-order valence-corrected chi connectivity index (χ2v) is 7.13. The minimum atomic E-state index is -0.142. The van der Waals surface area contributed by atoms with E-state index in [4.69, 9.17) is 18.7 Å². The van der Waals surface area contributed by atoms with E-state index in [1.165, 1.54) is 27.1 Å². The standard InChI is InChI=1S/C19H24N4O5/c1-25-16-6-5-14(18(21-16)26-2)19(24)23-9-13(10-23)17-20-15(22-28-17)7-8-27-11-12-3-4-12/h5-6,12-13H,3-4,7-11H2,1-2H3. The molecule has 1 aliphatic heterocycles. The molecule has 0 radical (unpaired) electrons. The summed E-state index contributed by atoms with van der Waals surface area (Å²) in [5, 5.41) is 4.01. The average molecular weight is 388 g/mol. The Hall–Kier alpha value is -2.68. The number of likely N-dealkylation sites (tertiary alicyclic amines) is 1. The third-order valence-corrected chi connectivity index (χ3v) is 4.99. The van der Waals surface area contributed by atoms with Crippen molar-refractivity contribution in [2.75, 3.05) is 40.5 Å². The normalized spacial score (nSPS) is 16.7. The molecule has 1 amide bonds. The summed E-state index contributed by atoms with van der Waals surface area (Å²) in [7, 11) is 2.99. The largest absolute Gasteiger partial charge is 0.481 e. The van der Waals surface area contributed by atoms with E-state index in [0.717, 1.165) is 12.5 Å². The van der Waals surface area contributed by atoms with E-state index in [-0.39, 0.29) is 17.7 Å². The van der Waals surface area contributed by atoms with Crippen molar-refractivity contribution >= 4 is 5.91 Å². The first-order valence-corrected chi connectivity index (χ1v) is 9.46. The van der Waals surface area contributed by atoms with Crippen molar-refractivity contribution in [2.24, 2.45) is 5.92 Å². The second kappa shape index (κ2) is 8.14. The van der Waals surface area contributed by atoms with E-state index in [0.29, 0.717) is 49.3 Å². The Balaban J connectivity index is 1.28.